The molecule has 1 heterocycles. The van der Waals surface area contributed by atoms with E-state index >= 15 is 0 Å². The van der Waals surface area contributed by atoms with Gasteiger partial charge in [0.25, 0.3) is 5.91 Å². The number of hydrogen-bond donors (Lipinski definition) is 3. The maximum atomic E-state index is 14.8. The number of anilines is 1. The largest absolute Gasteiger partial charge is 0.405 e. The predicted octanol–water partition coefficient (Wildman–Crippen LogP) is 2.04. The molecular formula is C16H17BF4N4O. The molecule has 0 aliphatic rings. The van der Waals surface area contributed by atoms with Gasteiger partial charge in [-0.15, -0.1) is 0 Å². The van der Waals surface area contributed by atoms with E-state index in [2.05, 4.69) is 10.3 Å². The number of nitrogens with zero attached hydrogens (tertiary/aromatic N) is 1. The lowest BCUT2D eigenvalue weighted by molar-refractivity contribution is -0.115. The number of nitrogens with one attached hydrogen (secondary N) is 2. The van der Waals surface area contributed by atoms with Gasteiger partial charge >= 0.3 is 6.18 Å². The molecule has 2 aromatic rings. The molecule has 10 heteroatoms. The van der Waals surface area contributed by atoms with Gasteiger partial charge in [-0.25, -0.2) is 15.2 Å². The summed E-state index contributed by atoms with van der Waals surface area (Å²) in [6.45, 7) is 3.93. The molecule has 1 amide bonds. The van der Waals surface area contributed by atoms with E-state index in [4.69, 9.17) is 13.7 Å². The summed E-state index contributed by atoms with van der Waals surface area (Å²) in [6, 6.07) is 2.37. The van der Waals surface area contributed by atoms with Gasteiger partial charge in [-0.05, 0) is 23.1 Å². The van der Waals surface area contributed by atoms with Crippen LogP contribution in [0.3, 0.4) is 0 Å². The third-order valence-electron chi connectivity index (χ3n) is 3.70. The lowest BCUT2D eigenvalue weighted by atomic mass is 9.82. The fourth-order valence-corrected chi connectivity index (χ4v) is 2.49. The second kappa shape index (κ2) is 6.75. The zero-order valence-electron chi connectivity index (χ0n) is 14.4. The first-order valence-electron chi connectivity index (χ1n) is 7.60. The Morgan fingerprint density at radius 2 is 1.88 bits per heavy atom. The van der Waals surface area contributed by atoms with Crippen LogP contribution >= 0.6 is 0 Å². The first-order valence-corrected chi connectivity index (χ1v) is 7.60. The van der Waals surface area contributed by atoms with Crippen molar-refractivity contribution in [2.45, 2.75) is 32.4 Å². The van der Waals surface area contributed by atoms with Crippen molar-refractivity contribution in [2.24, 2.45) is 5.84 Å². The van der Waals surface area contributed by atoms with Crippen LogP contribution in [-0.2, 0) is 5.41 Å². The lowest BCUT2D eigenvalue weighted by Crippen LogP contribution is -2.32. The topological polar surface area (TPSA) is 80.0 Å². The van der Waals surface area contributed by atoms with Crippen molar-refractivity contribution in [1.82, 2.24) is 10.4 Å². The average molecular weight is 368 g/mol. The summed E-state index contributed by atoms with van der Waals surface area (Å²) in [5.41, 5.74) is 1.21. The molecular weight excluding hydrogens is 351 g/mol. The number of rotatable bonds is 3. The van der Waals surface area contributed by atoms with Crippen molar-refractivity contribution >= 4 is 35.8 Å². The standard InChI is InChI=1S/C16H17BF4N4O/c1-15(2,3)7-4-9(23-6-16(19,20)21)12(18)11-8(17)5-10(14(26)25-22)24-13(7)11/h4-5,23H,6,22H2,1-3H3,(H,25,26). The third-order valence-corrected chi connectivity index (χ3v) is 3.70. The van der Waals surface area contributed by atoms with Gasteiger partial charge in [0.1, 0.15) is 20.1 Å². The van der Waals surface area contributed by atoms with Gasteiger partial charge in [0.15, 0.2) is 5.82 Å². The molecule has 138 valence electrons. The molecule has 0 aliphatic heterocycles. The number of nitrogens with two attached hydrogens (primary N) is 1. The van der Waals surface area contributed by atoms with Crippen molar-refractivity contribution in [3.05, 3.63) is 29.2 Å². The molecule has 1 aromatic heterocycles. The minimum Gasteiger partial charge on any atom is -0.374 e. The van der Waals surface area contributed by atoms with Crippen LogP contribution in [0.4, 0.5) is 23.2 Å². The van der Waals surface area contributed by atoms with Crippen molar-refractivity contribution in [3.63, 3.8) is 0 Å². The van der Waals surface area contributed by atoms with E-state index in [0.29, 0.717) is 5.56 Å². The molecule has 0 bridgehead atoms. The van der Waals surface area contributed by atoms with Crippen LogP contribution in [-0.4, -0.2) is 31.5 Å². The molecule has 0 saturated heterocycles. The Hall–Kier alpha value is -2.36. The second-order valence-corrected chi connectivity index (χ2v) is 6.80. The Labute approximate surface area is 148 Å². The number of aromatic nitrogens is 1. The zero-order chi connectivity index (χ0) is 19.9. The van der Waals surface area contributed by atoms with E-state index in [0.717, 1.165) is 6.07 Å². The minimum atomic E-state index is -4.52. The molecule has 0 atom stereocenters. The Kier molecular flexibility index (Phi) is 5.18. The number of nitrogen functional groups attached to an aromatic ring is 1. The van der Waals surface area contributed by atoms with Gasteiger partial charge in [0.2, 0.25) is 0 Å². The quantitative estimate of drug-likeness (QED) is 0.255. The van der Waals surface area contributed by atoms with Crippen LogP contribution in [0.25, 0.3) is 10.9 Å². The van der Waals surface area contributed by atoms with Crippen LogP contribution in [0, 0.1) is 5.82 Å². The third kappa shape index (κ3) is 4.06. The highest BCUT2D eigenvalue weighted by molar-refractivity contribution is 6.39. The second-order valence-electron chi connectivity index (χ2n) is 6.80. The number of hydrogen-bond acceptors (Lipinski definition) is 4. The van der Waals surface area contributed by atoms with Crippen molar-refractivity contribution in [1.29, 1.82) is 0 Å². The highest BCUT2D eigenvalue weighted by Crippen LogP contribution is 2.34. The van der Waals surface area contributed by atoms with E-state index in [1.807, 2.05) is 5.43 Å². The van der Waals surface area contributed by atoms with E-state index in [-0.39, 0.29) is 27.7 Å². The SMILES string of the molecule is [B]c1cc(C(=O)NN)nc2c(C(C)(C)C)cc(NCC(F)(F)F)c(F)c12. The highest BCUT2D eigenvalue weighted by Gasteiger charge is 2.29. The number of amides is 1. The van der Waals surface area contributed by atoms with E-state index < -0.39 is 29.9 Å². The molecule has 0 fully saturated rings. The summed E-state index contributed by atoms with van der Waals surface area (Å²) in [5.74, 6) is 3.39. The van der Waals surface area contributed by atoms with Crippen molar-refractivity contribution in [3.8, 4) is 0 Å². The number of halogens is 4. The van der Waals surface area contributed by atoms with Gasteiger partial charge in [-0.3, -0.25) is 10.2 Å². The highest BCUT2D eigenvalue weighted by atomic mass is 19.4. The fraction of sp³-hybridized carbons (Fsp3) is 0.375. The van der Waals surface area contributed by atoms with Gasteiger partial charge in [0, 0.05) is 5.39 Å². The van der Waals surface area contributed by atoms with E-state index in [1.165, 1.54) is 6.07 Å². The number of fused-ring (bicyclic) bond motifs is 1. The first-order chi connectivity index (χ1) is 11.8. The molecule has 4 N–H and O–H groups in total. The summed E-state index contributed by atoms with van der Waals surface area (Å²) in [4.78, 5) is 15.9. The maximum absolute atomic E-state index is 14.8. The van der Waals surface area contributed by atoms with Gasteiger partial charge in [-0.2, -0.15) is 13.2 Å². The van der Waals surface area contributed by atoms with Crippen LogP contribution < -0.4 is 22.0 Å². The maximum Gasteiger partial charge on any atom is 0.405 e. The summed E-state index contributed by atoms with van der Waals surface area (Å²) in [7, 11) is 5.86. The molecule has 0 saturated carbocycles. The summed E-state index contributed by atoms with van der Waals surface area (Å²) in [5, 5.41) is 1.89. The lowest BCUT2D eigenvalue weighted by Gasteiger charge is -2.24. The molecule has 5 nitrogen and oxygen atoms in total. The van der Waals surface area contributed by atoms with E-state index in [9.17, 15) is 22.4 Å². The smallest absolute Gasteiger partial charge is 0.374 e. The van der Waals surface area contributed by atoms with Crippen molar-refractivity contribution in [2.75, 3.05) is 11.9 Å². The normalized spacial score (nSPS) is 12.3. The summed E-state index contributed by atoms with van der Waals surface area (Å²) < 4.78 is 52.3. The molecule has 2 rings (SSSR count). The van der Waals surface area contributed by atoms with Gasteiger partial charge < -0.3 is 5.32 Å². The van der Waals surface area contributed by atoms with E-state index in [1.54, 1.807) is 20.8 Å². The van der Waals surface area contributed by atoms with Crippen LogP contribution in [0.1, 0.15) is 36.8 Å². The molecule has 26 heavy (non-hydrogen) atoms. The number of pyridine rings is 1. The van der Waals surface area contributed by atoms with Crippen LogP contribution in [0.2, 0.25) is 0 Å². The minimum absolute atomic E-state index is 0.0890. The summed E-state index contributed by atoms with van der Waals surface area (Å²) in [6.07, 6.45) is -4.52. The van der Waals surface area contributed by atoms with Crippen LogP contribution in [0.15, 0.2) is 12.1 Å². The Balaban J connectivity index is 2.78. The number of carbonyl (C=O) groups is 1. The number of benzene rings is 1. The molecule has 2 radical (unpaired) electrons. The van der Waals surface area contributed by atoms with Gasteiger partial charge in [0.05, 0.1) is 11.2 Å². The number of hydrazine groups is 1. The molecule has 0 unspecified atom stereocenters. The Morgan fingerprint density at radius 1 is 1.27 bits per heavy atom. The molecule has 0 spiro atoms. The number of carbonyl (C=O) groups excluding carboxylic acids is 1. The molecule has 1 aromatic carbocycles. The zero-order valence-corrected chi connectivity index (χ0v) is 14.4. The molecule has 0 aliphatic carbocycles. The Morgan fingerprint density at radius 3 is 2.38 bits per heavy atom. The van der Waals surface area contributed by atoms with Gasteiger partial charge in [-0.1, -0.05) is 26.2 Å². The Bertz CT molecular complexity index is 862. The predicted molar refractivity (Wildman–Crippen MR) is 92.0 cm³/mol. The average Bonchev–Trinajstić information content (AvgIpc) is 2.50. The summed E-state index contributed by atoms with van der Waals surface area (Å²) >= 11 is 0. The first kappa shape index (κ1) is 20.0. The number of alkyl halides is 3. The monoisotopic (exact) mass is 368 g/mol. The fourth-order valence-electron chi connectivity index (χ4n) is 2.49. The van der Waals surface area contributed by atoms with Crippen molar-refractivity contribution < 1.29 is 22.4 Å². The van der Waals surface area contributed by atoms with Crippen LogP contribution in [0.5, 0.6) is 0 Å².